The number of likely N-dealkylation sites (N-methyl/N-ethyl adjacent to an activating group) is 1. The van der Waals surface area contributed by atoms with E-state index in [-0.39, 0.29) is 23.3 Å². The van der Waals surface area contributed by atoms with Crippen LogP contribution >= 0.6 is 0 Å². The van der Waals surface area contributed by atoms with Crippen LogP contribution in [0.3, 0.4) is 0 Å². The molecule has 24 heavy (non-hydrogen) atoms. The van der Waals surface area contributed by atoms with Gasteiger partial charge >= 0.3 is 0 Å². The molecule has 1 aromatic rings. The third kappa shape index (κ3) is 3.31. The number of nitrogens with one attached hydrogen (secondary N) is 1. The van der Waals surface area contributed by atoms with E-state index in [2.05, 4.69) is 24.4 Å². The van der Waals surface area contributed by atoms with Crippen LogP contribution in [0.1, 0.15) is 36.4 Å². The number of nitrogens with zero attached hydrogens (tertiary/aromatic N) is 2. The van der Waals surface area contributed by atoms with Gasteiger partial charge in [0.25, 0.3) is 0 Å². The summed E-state index contributed by atoms with van der Waals surface area (Å²) in [6.45, 7) is 4.30. The second-order valence-electron chi connectivity index (χ2n) is 7.56. The Balaban J connectivity index is 1.72. The Labute approximate surface area is 144 Å². The molecule has 1 aromatic carbocycles. The molecule has 2 aliphatic heterocycles. The van der Waals surface area contributed by atoms with Gasteiger partial charge in [-0.15, -0.1) is 0 Å². The molecule has 2 saturated heterocycles. The van der Waals surface area contributed by atoms with Gasteiger partial charge in [-0.2, -0.15) is 0 Å². The lowest BCUT2D eigenvalue weighted by molar-refractivity contribution is -0.138. The van der Waals surface area contributed by atoms with Gasteiger partial charge in [0.15, 0.2) is 0 Å². The monoisotopic (exact) mass is 329 g/mol. The maximum absolute atomic E-state index is 13.1. The normalized spacial score (nSPS) is 21.2. The van der Waals surface area contributed by atoms with Crippen LogP contribution in [0.2, 0.25) is 0 Å². The third-order valence-corrected chi connectivity index (χ3v) is 5.44. The SMILES string of the molecule is Cc1cccc(C(C(=O)N2CCC3(CC2)CNC(=O)C3)N(C)C)c1. The predicted octanol–water partition coefficient (Wildman–Crippen LogP) is 1.73. The molecule has 1 spiro atoms. The number of amides is 2. The standard InChI is InChI=1S/C19H27N3O2/c1-14-5-4-6-15(11-14)17(21(2)3)18(24)22-9-7-19(8-10-22)12-16(23)20-13-19/h4-6,11,17H,7-10,12-13H2,1-3H3,(H,20,23). The minimum Gasteiger partial charge on any atom is -0.356 e. The quantitative estimate of drug-likeness (QED) is 0.919. The molecule has 2 amide bonds. The van der Waals surface area contributed by atoms with Gasteiger partial charge in [0.05, 0.1) is 0 Å². The first-order valence-corrected chi connectivity index (χ1v) is 8.69. The highest BCUT2D eigenvalue weighted by Crippen LogP contribution is 2.38. The minimum atomic E-state index is -0.248. The van der Waals surface area contributed by atoms with Crippen LogP contribution in [0.25, 0.3) is 0 Å². The van der Waals surface area contributed by atoms with Gasteiger partial charge < -0.3 is 10.2 Å². The molecule has 3 rings (SSSR count). The van der Waals surface area contributed by atoms with Crippen molar-refractivity contribution in [2.24, 2.45) is 5.41 Å². The molecule has 1 unspecified atom stereocenters. The van der Waals surface area contributed by atoms with Crippen LogP contribution in [0.4, 0.5) is 0 Å². The van der Waals surface area contributed by atoms with Crippen molar-refractivity contribution in [1.82, 2.24) is 15.1 Å². The lowest BCUT2D eigenvalue weighted by atomic mass is 9.77. The van der Waals surface area contributed by atoms with Gasteiger partial charge in [-0.3, -0.25) is 14.5 Å². The Morgan fingerprint density at radius 1 is 1.29 bits per heavy atom. The number of hydrogen-bond donors (Lipinski definition) is 1. The highest BCUT2D eigenvalue weighted by atomic mass is 16.2. The first-order chi connectivity index (χ1) is 11.4. The number of rotatable bonds is 3. The average Bonchev–Trinajstić information content (AvgIpc) is 2.88. The molecule has 5 nitrogen and oxygen atoms in total. The first-order valence-electron chi connectivity index (χ1n) is 8.69. The summed E-state index contributed by atoms with van der Waals surface area (Å²) in [6.07, 6.45) is 2.43. The first kappa shape index (κ1) is 17.0. The predicted molar refractivity (Wildman–Crippen MR) is 93.5 cm³/mol. The van der Waals surface area contributed by atoms with Gasteiger partial charge in [-0.05, 0) is 44.8 Å². The van der Waals surface area contributed by atoms with E-state index in [1.165, 1.54) is 5.56 Å². The van der Waals surface area contributed by atoms with Crippen molar-refractivity contribution in [1.29, 1.82) is 0 Å². The topological polar surface area (TPSA) is 52.7 Å². The Morgan fingerprint density at radius 3 is 2.54 bits per heavy atom. The molecule has 0 radical (unpaired) electrons. The minimum absolute atomic E-state index is 0.0742. The van der Waals surface area contributed by atoms with Gasteiger partial charge in [0, 0.05) is 26.1 Å². The molecule has 1 N–H and O–H groups in total. The molecule has 0 saturated carbocycles. The molecule has 130 valence electrons. The Kier molecular flexibility index (Phi) is 4.63. The molecule has 2 aliphatic rings. The van der Waals surface area contributed by atoms with E-state index in [1.807, 2.05) is 36.0 Å². The van der Waals surface area contributed by atoms with E-state index in [4.69, 9.17) is 0 Å². The second-order valence-corrected chi connectivity index (χ2v) is 7.56. The van der Waals surface area contributed by atoms with E-state index >= 15 is 0 Å². The summed E-state index contributed by atoms with van der Waals surface area (Å²) in [7, 11) is 3.91. The Hall–Kier alpha value is -1.88. The zero-order valence-electron chi connectivity index (χ0n) is 14.8. The molecule has 1 atom stereocenters. The summed E-state index contributed by atoms with van der Waals surface area (Å²) in [5.74, 6) is 0.318. The molecule has 0 bridgehead atoms. The summed E-state index contributed by atoms with van der Waals surface area (Å²) < 4.78 is 0. The molecule has 0 aliphatic carbocycles. The van der Waals surface area contributed by atoms with Gasteiger partial charge in [-0.25, -0.2) is 0 Å². The molecule has 5 heteroatoms. The van der Waals surface area contributed by atoms with Gasteiger partial charge in [0.2, 0.25) is 11.8 Å². The lowest BCUT2D eigenvalue weighted by Gasteiger charge is -2.40. The largest absolute Gasteiger partial charge is 0.356 e. The van der Waals surface area contributed by atoms with Crippen molar-refractivity contribution in [3.05, 3.63) is 35.4 Å². The maximum Gasteiger partial charge on any atom is 0.244 e. The smallest absolute Gasteiger partial charge is 0.244 e. The molecule has 2 fully saturated rings. The fourth-order valence-corrected chi connectivity index (χ4v) is 3.98. The van der Waals surface area contributed by atoms with Crippen molar-refractivity contribution in [3.8, 4) is 0 Å². The Bertz CT molecular complexity index is 633. The summed E-state index contributed by atoms with van der Waals surface area (Å²) in [4.78, 5) is 28.6. The van der Waals surface area contributed by atoms with Crippen molar-refractivity contribution in [2.75, 3.05) is 33.7 Å². The number of carbonyl (C=O) groups excluding carboxylic acids is 2. The average molecular weight is 329 g/mol. The van der Waals surface area contributed by atoms with Crippen molar-refractivity contribution < 1.29 is 9.59 Å². The van der Waals surface area contributed by atoms with Crippen LogP contribution in [0.5, 0.6) is 0 Å². The van der Waals surface area contributed by atoms with Crippen molar-refractivity contribution in [2.45, 2.75) is 32.2 Å². The number of piperidine rings is 1. The summed E-state index contributed by atoms with van der Waals surface area (Å²) in [5, 5.41) is 2.95. The molecular weight excluding hydrogens is 302 g/mol. The fraction of sp³-hybridized carbons (Fsp3) is 0.579. The fourth-order valence-electron chi connectivity index (χ4n) is 3.98. The summed E-state index contributed by atoms with van der Waals surface area (Å²) in [5.41, 5.74) is 2.29. The Morgan fingerprint density at radius 2 is 2.00 bits per heavy atom. The zero-order valence-corrected chi connectivity index (χ0v) is 14.8. The van der Waals surface area contributed by atoms with E-state index in [0.717, 1.165) is 38.0 Å². The molecular formula is C19H27N3O2. The highest BCUT2D eigenvalue weighted by molar-refractivity contribution is 5.83. The maximum atomic E-state index is 13.1. The highest BCUT2D eigenvalue weighted by Gasteiger charge is 2.42. The van der Waals surface area contributed by atoms with E-state index in [1.54, 1.807) is 0 Å². The van der Waals surface area contributed by atoms with Crippen LogP contribution in [-0.4, -0.2) is 55.3 Å². The number of likely N-dealkylation sites (tertiary alicyclic amines) is 1. The van der Waals surface area contributed by atoms with Gasteiger partial charge in [0.1, 0.15) is 6.04 Å². The zero-order chi connectivity index (χ0) is 17.3. The van der Waals surface area contributed by atoms with E-state index in [0.29, 0.717) is 6.42 Å². The van der Waals surface area contributed by atoms with E-state index < -0.39 is 0 Å². The molecule has 0 aromatic heterocycles. The number of aryl methyl sites for hydroxylation is 1. The van der Waals surface area contributed by atoms with Crippen LogP contribution in [0.15, 0.2) is 24.3 Å². The lowest BCUT2D eigenvalue weighted by Crippen LogP contribution is -2.47. The van der Waals surface area contributed by atoms with Crippen LogP contribution < -0.4 is 5.32 Å². The summed E-state index contributed by atoms with van der Waals surface area (Å²) in [6, 6.07) is 7.93. The van der Waals surface area contributed by atoms with Gasteiger partial charge in [-0.1, -0.05) is 29.8 Å². The number of carbonyl (C=O) groups is 2. The molecule has 2 heterocycles. The van der Waals surface area contributed by atoms with Crippen LogP contribution in [0, 0.1) is 12.3 Å². The van der Waals surface area contributed by atoms with Crippen molar-refractivity contribution >= 4 is 11.8 Å². The number of hydrogen-bond acceptors (Lipinski definition) is 3. The third-order valence-electron chi connectivity index (χ3n) is 5.44. The van der Waals surface area contributed by atoms with Crippen LogP contribution in [-0.2, 0) is 9.59 Å². The van der Waals surface area contributed by atoms with E-state index in [9.17, 15) is 9.59 Å². The summed E-state index contributed by atoms with van der Waals surface area (Å²) >= 11 is 0. The van der Waals surface area contributed by atoms with Crippen molar-refractivity contribution in [3.63, 3.8) is 0 Å². The number of benzene rings is 1. The second kappa shape index (κ2) is 6.55.